The summed E-state index contributed by atoms with van der Waals surface area (Å²) in [4.78, 5) is 25.3. The number of hydrogen-bond acceptors (Lipinski definition) is 3. The third kappa shape index (κ3) is 4.82. The maximum absolute atomic E-state index is 12.4. The van der Waals surface area contributed by atoms with Crippen molar-refractivity contribution in [2.75, 3.05) is 7.05 Å². The summed E-state index contributed by atoms with van der Waals surface area (Å²) in [6.45, 7) is 0.434. The van der Waals surface area contributed by atoms with E-state index in [9.17, 15) is 9.59 Å². The Balaban J connectivity index is 1.55. The molecule has 2 amide bonds. The molecular weight excluding hydrogens is 340 g/mol. The Labute approximate surface area is 158 Å². The minimum Gasteiger partial charge on any atom is -0.366 e. The standard InChI is InChI=1S/C21H22N4O2/c1-24(14-16-6-5-7-18(12-16)21(22)27)20(26)11-10-17-13-23-25(15-17)19-8-3-2-4-9-19/h2-9,12-13,15H,10-11,14H2,1H3,(H2,22,27). The van der Waals surface area contributed by atoms with Gasteiger partial charge in [0.15, 0.2) is 0 Å². The van der Waals surface area contributed by atoms with E-state index in [4.69, 9.17) is 5.73 Å². The average Bonchev–Trinajstić information content (AvgIpc) is 3.16. The summed E-state index contributed by atoms with van der Waals surface area (Å²) in [5.74, 6) is -0.437. The van der Waals surface area contributed by atoms with Gasteiger partial charge in [-0.25, -0.2) is 4.68 Å². The first-order valence-electron chi connectivity index (χ1n) is 8.74. The lowest BCUT2D eigenvalue weighted by molar-refractivity contribution is -0.130. The summed E-state index contributed by atoms with van der Waals surface area (Å²) in [5, 5.41) is 4.35. The van der Waals surface area contributed by atoms with Crippen LogP contribution in [0.2, 0.25) is 0 Å². The van der Waals surface area contributed by atoms with Crippen LogP contribution in [0.5, 0.6) is 0 Å². The zero-order chi connectivity index (χ0) is 19.2. The molecule has 1 aromatic heterocycles. The molecule has 0 unspecified atom stereocenters. The Morgan fingerprint density at radius 2 is 1.85 bits per heavy atom. The maximum Gasteiger partial charge on any atom is 0.248 e. The van der Waals surface area contributed by atoms with Crippen molar-refractivity contribution >= 4 is 11.8 Å². The van der Waals surface area contributed by atoms with E-state index < -0.39 is 5.91 Å². The zero-order valence-corrected chi connectivity index (χ0v) is 15.2. The lowest BCUT2D eigenvalue weighted by Gasteiger charge is -2.17. The van der Waals surface area contributed by atoms with Crippen LogP contribution in [0.25, 0.3) is 5.69 Å². The second-order valence-corrected chi connectivity index (χ2v) is 6.44. The fraction of sp³-hybridized carbons (Fsp3) is 0.190. The number of primary amides is 1. The third-order valence-electron chi connectivity index (χ3n) is 4.34. The number of carbonyl (C=O) groups is 2. The van der Waals surface area contributed by atoms with Crippen LogP contribution < -0.4 is 5.73 Å². The monoisotopic (exact) mass is 362 g/mol. The lowest BCUT2D eigenvalue weighted by Crippen LogP contribution is -2.26. The van der Waals surface area contributed by atoms with Crippen LogP contribution >= 0.6 is 0 Å². The smallest absolute Gasteiger partial charge is 0.248 e. The molecular formula is C21H22N4O2. The van der Waals surface area contributed by atoms with Gasteiger partial charge in [0.05, 0.1) is 11.9 Å². The molecule has 0 radical (unpaired) electrons. The van der Waals surface area contributed by atoms with E-state index in [2.05, 4.69) is 5.10 Å². The molecule has 138 valence electrons. The van der Waals surface area contributed by atoms with Crippen LogP contribution in [0.4, 0.5) is 0 Å². The number of amides is 2. The van der Waals surface area contributed by atoms with Crippen molar-refractivity contribution in [3.8, 4) is 5.69 Å². The minimum absolute atomic E-state index is 0.0342. The van der Waals surface area contributed by atoms with Gasteiger partial charge in [-0.2, -0.15) is 5.10 Å². The average molecular weight is 362 g/mol. The molecule has 1 heterocycles. The van der Waals surface area contributed by atoms with Crippen molar-refractivity contribution in [3.63, 3.8) is 0 Å². The van der Waals surface area contributed by atoms with E-state index in [0.717, 1.165) is 16.8 Å². The lowest BCUT2D eigenvalue weighted by atomic mass is 10.1. The van der Waals surface area contributed by atoms with E-state index in [1.807, 2.05) is 42.6 Å². The minimum atomic E-state index is -0.471. The topological polar surface area (TPSA) is 81.2 Å². The maximum atomic E-state index is 12.4. The highest BCUT2D eigenvalue weighted by atomic mass is 16.2. The largest absolute Gasteiger partial charge is 0.366 e. The summed E-state index contributed by atoms with van der Waals surface area (Å²) in [7, 11) is 1.76. The first-order valence-corrected chi connectivity index (χ1v) is 8.74. The Kier molecular flexibility index (Phi) is 5.66. The van der Waals surface area contributed by atoms with Crippen LogP contribution in [0, 0.1) is 0 Å². The van der Waals surface area contributed by atoms with Gasteiger partial charge in [0.25, 0.3) is 0 Å². The number of aryl methyl sites for hydroxylation is 1. The fourth-order valence-corrected chi connectivity index (χ4v) is 2.84. The van der Waals surface area contributed by atoms with E-state index in [1.165, 1.54) is 0 Å². The molecule has 0 saturated carbocycles. The Bertz CT molecular complexity index is 934. The van der Waals surface area contributed by atoms with Gasteiger partial charge in [0, 0.05) is 31.8 Å². The van der Waals surface area contributed by atoms with Crippen LogP contribution in [0.1, 0.15) is 27.9 Å². The fourth-order valence-electron chi connectivity index (χ4n) is 2.84. The van der Waals surface area contributed by atoms with E-state index >= 15 is 0 Å². The first-order chi connectivity index (χ1) is 13.0. The van der Waals surface area contributed by atoms with Gasteiger partial charge in [-0.3, -0.25) is 9.59 Å². The summed E-state index contributed by atoms with van der Waals surface area (Å²) < 4.78 is 1.80. The highest BCUT2D eigenvalue weighted by molar-refractivity contribution is 5.92. The molecule has 0 fully saturated rings. The Hall–Kier alpha value is -3.41. The van der Waals surface area contributed by atoms with Crippen molar-refractivity contribution in [1.82, 2.24) is 14.7 Å². The van der Waals surface area contributed by atoms with Crippen molar-refractivity contribution in [3.05, 3.63) is 83.7 Å². The molecule has 0 atom stereocenters. The summed E-state index contributed by atoms with van der Waals surface area (Å²) in [5.41, 5.74) is 8.62. The quantitative estimate of drug-likeness (QED) is 0.701. The molecule has 0 saturated heterocycles. The molecule has 0 aliphatic carbocycles. The van der Waals surface area contributed by atoms with Gasteiger partial charge in [0.1, 0.15) is 0 Å². The molecule has 3 rings (SSSR count). The van der Waals surface area contributed by atoms with Crippen LogP contribution in [0.3, 0.4) is 0 Å². The number of para-hydroxylation sites is 1. The molecule has 2 N–H and O–H groups in total. The highest BCUT2D eigenvalue weighted by Gasteiger charge is 2.11. The van der Waals surface area contributed by atoms with Crippen LogP contribution in [-0.2, 0) is 17.8 Å². The van der Waals surface area contributed by atoms with Crippen molar-refractivity contribution in [2.45, 2.75) is 19.4 Å². The second-order valence-electron chi connectivity index (χ2n) is 6.44. The molecule has 0 spiro atoms. The van der Waals surface area contributed by atoms with E-state index in [1.54, 1.807) is 41.0 Å². The molecule has 6 heteroatoms. The van der Waals surface area contributed by atoms with Crippen LogP contribution in [0.15, 0.2) is 67.0 Å². The van der Waals surface area contributed by atoms with E-state index in [0.29, 0.717) is 24.9 Å². The summed E-state index contributed by atoms with van der Waals surface area (Å²) in [6, 6.07) is 16.9. The third-order valence-corrected chi connectivity index (χ3v) is 4.34. The van der Waals surface area contributed by atoms with Crippen LogP contribution in [-0.4, -0.2) is 33.5 Å². The predicted molar refractivity (Wildman–Crippen MR) is 103 cm³/mol. The molecule has 2 aromatic carbocycles. The predicted octanol–water partition coefficient (Wildman–Crippen LogP) is 2.56. The van der Waals surface area contributed by atoms with Crippen molar-refractivity contribution in [2.24, 2.45) is 5.73 Å². The number of nitrogens with zero attached hydrogens (tertiary/aromatic N) is 3. The number of aromatic nitrogens is 2. The van der Waals surface area contributed by atoms with Crippen molar-refractivity contribution in [1.29, 1.82) is 0 Å². The van der Waals surface area contributed by atoms with Gasteiger partial charge in [0.2, 0.25) is 11.8 Å². The molecule has 0 aliphatic rings. The number of nitrogens with two attached hydrogens (primary N) is 1. The Morgan fingerprint density at radius 3 is 2.59 bits per heavy atom. The normalized spacial score (nSPS) is 10.6. The molecule has 6 nitrogen and oxygen atoms in total. The molecule has 0 aliphatic heterocycles. The van der Waals surface area contributed by atoms with Gasteiger partial charge >= 0.3 is 0 Å². The number of carbonyl (C=O) groups excluding carboxylic acids is 2. The zero-order valence-electron chi connectivity index (χ0n) is 15.2. The van der Waals surface area contributed by atoms with Crippen molar-refractivity contribution < 1.29 is 9.59 Å². The Morgan fingerprint density at radius 1 is 1.07 bits per heavy atom. The second kappa shape index (κ2) is 8.31. The van der Waals surface area contributed by atoms with Gasteiger partial charge in [-0.1, -0.05) is 30.3 Å². The molecule has 27 heavy (non-hydrogen) atoms. The molecule has 3 aromatic rings. The summed E-state index contributed by atoms with van der Waals surface area (Å²) >= 11 is 0. The number of rotatable bonds is 7. The summed E-state index contributed by atoms with van der Waals surface area (Å²) in [6.07, 6.45) is 4.75. The number of benzene rings is 2. The SMILES string of the molecule is CN(Cc1cccc(C(N)=O)c1)C(=O)CCc1cnn(-c2ccccc2)c1. The first kappa shape index (κ1) is 18.4. The number of hydrogen-bond donors (Lipinski definition) is 1. The highest BCUT2D eigenvalue weighted by Crippen LogP contribution is 2.11. The molecule has 0 bridgehead atoms. The van der Waals surface area contributed by atoms with Gasteiger partial charge < -0.3 is 10.6 Å². The van der Waals surface area contributed by atoms with Gasteiger partial charge in [-0.15, -0.1) is 0 Å². The van der Waals surface area contributed by atoms with Gasteiger partial charge in [-0.05, 0) is 41.8 Å². The van der Waals surface area contributed by atoms with E-state index in [-0.39, 0.29) is 5.91 Å².